The second-order valence-electron chi connectivity index (χ2n) is 4.59. The van der Waals surface area contributed by atoms with Crippen LogP contribution in [0.2, 0.25) is 0 Å². The Morgan fingerprint density at radius 3 is 2.45 bits per heavy atom. The van der Waals surface area contributed by atoms with Crippen molar-refractivity contribution in [2.24, 2.45) is 0 Å². The van der Waals surface area contributed by atoms with E-state index in [9.17, 15) is 9.59 Å². The van der Waals surface area contributed by atoms with Crippen LogP contribution in [-0.4, -0.2) is 25.5 Å². The van der Waals surface area contributed by atoms with E-state index < -0.39 is 0 Å². The summed E-state index contributed by atoms with van der Waals surface area (Å²) in [6, 6.07) is 9.92. The van der Waals surface area contributed by atoms with Crippen molar-refractivity contribution in [2.45, 2.75) is 13.5 Å². The highest BCUT2D eigenvalue weighted by molar-refractivity contribution is 6.02. The molecule has 0 aliphatic heterocycles. The van der Waals surface area contributed by atoms with Crippen LogP contribution in [0.3, 0.4) is 0 Å². The Morgan fingerprint density at radius 1 is 1.09 bits per heavy atom. The minimum atomic E-state index is -0.354. The predicted molar refractivity (Wildman–Crippen MR) is 81.8 cm³/mol. The van der Waals surface area contributed by atoms with Crippen LogP contribution in [0.5, 0.6) is 0 Å². The van der Waals surface area contributed by atoms with Crippen LogP contribution in [0.1, 0.15) is 33.6 Å². The molecule has 0 radical (unpaired) electrons. The maximum atomic E-state index is 12.0. The fourth-order valence-electron chi connectivity index (χ4n) is 1.88. The molecule has 116 valence electrons. The van der Waals surface area contributed by atoms with Crippen LogP contribution < -0.4 is 10.6 Å². The Bertz CT molecular complexity index is 646. The SMILES string of the molecule is CCNC(=O)c1ccc(NC(=O)c2ccc(COC)o2)cc1. The number of carbonyl (C=O) groups is 2. The van der Waals surface area contributed by atoms with Gasteiger partial charge in [0, 0.05) is 24.9 Å². The molecule has 0 fully saturated rings. The number of hydrogen-bond acceptors (Lipinski definition) is 4. The zero-order valence-electron chi connectivity index (χ0n) is 12.5. The second-order valence-corrected chi connectivity index (χ2v) is 4.59. The monoisotopic (exact) mass is 302 g/mol. The molecule has 0 spiro atoms. The minimum absolute atomic E-state index is 0.143. The normalized spacial score (nSPS) is 10.3. The lowest BCUT2D eigenvalue weighted by Gasteiger charge is -2.05. The molecule has 22 heavy (non-hydrogen) atoms. The zero-order chi connectivity index (χ0) is 15.9. The third-order valence-electron chi connectivity index (χ3n) is 2.91. The van der Waals surface area contributed by atoms with Gasteiger partial charge in [-0.25, -0.2) is 0 Å². The molecule has 2 N–H and O–H groups in total. The first-order valence-electron chi connectivity index (χ1n) is 6.91. The van der Waals surface area contributed by atoms with Crippen molar-refractivity contribution in [1.82, 2.24) is 5.32 Å². The molecule has 1 aromatic carbocycles. The van der Waals surface area contributed by atoms with Crippen LogP contribution in [0.4, 0.5) is 5.69 Å². The van der Waals surface area contributed by atoms with E-state index in [2.05, 4.69) is 10.6 Å². The van der Waals surface area contributed by atoms with E-state index in [4.69, 9.17) is 9.15 Å². The van der Waals surface area contributed by atoms with E-state index >= 15 is 0 Å². The van der Waals surface area contributed by atoms with Crippen molar-refractivity contribution < 1.29 is 18.7 Å². The number of furan rings is 1. The Hall–Kier alpha value is -2.60. The highest BCUT2D eigenvalue weighted by atomic mass is 16.5. The first-order valence-corrected chi connectivity index (χ1v) is 6.91. The Balaban J connectivity index is 2.00. The standard InChI is InChI=1S/C16H18N2O4/c1-3-17-15(19)11-4-6-12(7-5-11)18-16(20)14-9-8-13(22-14)10-21-2/h4-9H,3,10H2,1-2H3,(H,17,19)(H,18,20). The Labute approximate surface area is 128 Å². The number of rotatable bonds is 6. The van der Waals surface area contributed by atoms with Crippen molar-refractivity contribution in [3.8, 4) is 0 Å². The fourth-order valence-corrected chi connectivity index (χ4v) is 1.88. The number of methoxy groups -OCH3 is 1. The molecule has 2 rings (SSSR count). The first-order chi connectivity index (χ1) is 10.6. The summed E-state index contributed by atoms with van der Waals surface area (Å²) in [6.07, 6.45) is 0. The van der Waals surface area contributed by atoms with Gasteiger partial charge in [0.1, 0.15) is 12.4 Å². The average molecular weight is 302 g/mol. The highest BCUT2D eigenvalue weighted by Gasteiger charge is 2.12. The van der Waals surface area contributed by atoms with Crippen molar-refractivity contribution >= 4 is 17.5 Å². The topological polar surface area (TPSA) is 80.6 Å². The average Bonchev–Trinajstić information content (AvgIpc) is 2.97. The van der Waals surface area contributed by atoms with Gasteiger partial charge in [0.2, 0.25) is 0 Å². The summed E-state index contributed by atoms with van der Waals surface area (Å²) in [5.74, 6) is 0.294. The van der Waals surface area contributed by atoms with Gasteiger partial charge in [-0.15, -0.1) is 0 Å². The van der Waals surface area contributed by atoms with Gasteiger partial charge in [0.25, 0.3) is 11.8 Å². The number of hydrogen-bond donors (Lipinski definition) is 2. The maximum Gasteiger partial charge on any atom is 0.291 e. The van der Waals surface area contributed by atoms with Gasteiger partial charge >= 0.3 is 0 Å². The lowest BCUT2D eigenvalue weighted by Crippen LogP contribution is -2.22. The number of nitrogens with one attached hydrogen (secondary N) is 2. The maximum absolute atomic E-state index is 12.0. The third kappa shape index (κ3) is 3.95. The van der Waals surface area contributed by atoms with Gasteiger partial charge in [0.15, 0.2) is 5.76 Å². The number of amides is 2. The second kappa shape index (κ2) is 7.42. The van der Waals surface area contributed by atoms with Crippen molar-refractivity contribution in [2.75, 3.05) is 19.0 Å². The third-order valence-corrected chi connectivity index (χ3v) is 2.91. The minimum Gasteiger partial charge on any atom is -0.453 e. The molecule has 0 aliphatic rings. The summed E-state index contributed by atoms with van der Waals surface area (Å²) < 4.78 is 10.3. The predicted octanol–water partition coefficient (Wildman–Crippen LogP) is 2.43. The lowest BCUT2D eigenvalue weighted by molar-refractivity contribution is 0.0954. The number of ether oxygens (including phenoxy) is 1. The quantitative estimate of drug-likeness (QED) is 0.858. The molecule has 1 aromatic heterocycles. The molecule has 2 amide bonds. The van der Waals surface area contributed by atoms with E-state index in [1.54, 1.807) is 43.5 Å². The molecule has 0 atom stereocenters. The van der Waals surface area contributed by atoms with Gasteiger partial charge in [0.05, 0.1) is 0 Å². The van der Waals surface area contributed by atoms with Gasteiger partial charge in [-0.1, -0.05) is 0 Å². The van der Waals surface area contributed by atoms with Crippen LogP contribution >= 0.6 is 0 Å². The van der Waals surface area contributed by atoms with E-state index in [-0.39, 0.29) is 17.6 Å². The largest absolute Gasteiger partial charge is 0.453 e. The van der Waals surface area contributed by atoms with Crippen LogP contribution in [0, 0.1) is 0 Å². The molecule has 1 heterocycles. The highest BCUT2D eigenvalue weighted by Crippen LogP contribution is 2.14. The molecule has 0 unspecified atom stereocenters. The van der Waals surface area contributed by atoms with E-state index in [1.807, 2.05) is 6.92 Å². The van der Waals surface area contributed by atoms with Crippen molar-refractivity contribution in [1.29, 1.82) is 0 Å². The lowest BCUT2D eigenvalue weighted by atomic mass is 10.2. The zero-order valence-corrected chi connectivity index (χ0v) is 12.5. The van der Waals surface area contributed by atoms with Crippen LogP contribution in [-0.2, 0) is 11.3 Å². The summed E-state index contributed by atoms with van der Waals surface area (Å²) in [7, 11) is 1.55. The molecule has 0 saturated heterocycles. The Morgan fingerprint density at radius 2 is 1.82 bits per heavy atom. The summed E-state index contributed by atoms with van der Waals surface area (Å²) in [4.78, 5) is 23.7. The van der Waals surface area contributed by atoms with Crippen LogP contribution in [0.15, 0.2) is 40.8 Å². The fraction of sp³-hybridized carbons (Fsp3) is 0.250. The molecule has 6 nitrogen and oxygen atoms in total. The summed E-state index contributed by atoms with van der Waals surface area (Å²) >= 11 is 0. The van der Waals surface area contributed by atoms with E-state index in [0.717, 1.165) is 0 Å². The molecule has 0 saturated carbocycles. The first kappa shape index (κ1) is 15.8. The van der Waals surface area contributed by atoms with Crippen molar-refractivity contribution in [3.05, 3.63) is 53.5 Å². The molecule has 0 bridgehead atoms. The van der Waals surface area contributed by atoms with Gasteiger partial charge < -0.3 is 19.8 Å². The molecule has 2 aromatic rings. The summed E-state index contributed by atoms with van der Waals surface area (Å²) in [5, 5.41) is 5.42. The molecule has 6 heteroatoms. The van der Waals surface area contributed by atoms with E-state index in [1.165, 1.54) is 0 Å². The van der Waals surface area contributed by atoms with Gasteiger partial charge in [-0.2, -0.15) is 0 Å². The van der Waals surface area contributed by atoms with Gasteiger partial charge in [-0.3, -0.25) is 9.59 Å². The molecule has 0 aliphatic carbocycles. The van der Waals surface area contributed by atoms with Crippen LogP contribution in [0.25, 0.3) is 0 Å². The summed E-state index contributed by atoms with van der Waals surface area (Å²) in [5.41, 5.74) is 1.13. The van der Waals surface area contributed by atoms with Crippen molar-refractivity contribution in [3.63, 3.8) is 0 Å². The smallest absolute Gasteiger partial charge is 0.291 e. The number of benzene rings is 1. The number of carbonyl (C=O) groups excluding carboxylic acids is 2. The summed E-state index contributed by atoms with van der Waals surface area (Å²) in [6.45, 7) is 2.74. The van der Waals surface area contributed by atoms with Gasteiger partial charge in [-0.05, 0) is 43.3 Å². The number of anilines is 1. The molecular weight excluding hydrogens is 284 g/mol. The van der Waals surface area contributed by atoms with E-state index in [0.29, 0.717) is 30.2 Å². The molecular formula is C16H18N2O4. The Kier molecular flexibility index (Phi) is 5.32.